The summed E-state index contributed by atoms with van der Waals surface area (Å²) in [5.74, 6) is 0.0555. The van der Waals surface area contributed by atoms with Crippen LogP contribution in [0, 0.1) is 6.92 Å². The van der Waals surface area contributed by atoms with Crippen molar-refractivity contribution in [3.05, 3.63) is 95.6 Å². The van der Waals surface area contributed by atoms with Crippen LogP contribution in [0.15, 0.2) is 78.9 Å². The van der Waals surface area contributed by atoms with Crippen LogP contribution in [0.3, 0.4) is 0 Å². The van der Waals surface area contributed by atoms with Gasteiger partial charge in [0.05, 0.1) is 5.41 Å². The molecular formula is C28H31N3O2. The summed E-state index contributed by atoms with van der Waals surface area (Å²) in [6.07, 6.45) is 0. The molecule has 1 aliphatic heterocycles. The van der Waals surface area contributed by atoms with Gasteiger partial charge in [-0.15, -0.1) is 0 Å². The third-order valence-electron chi connectivity index (χ3n) is 6.45. The summed E-state index contributed by atoms with van der Waals surface area (Å²) in [5, 5.41) is 3.08. The maximum Gasteiger partial charge on any atom is 0.253 e. The van der Waals surface area contributed by atoms with Gasteiger partial charge in [-0.3, -0.25) is 9.59 Å². The quantitative estimate of drug-likeness (QED) is 0.614. The van der Waals surface area contributed by atoms with Crippen LogP contribution in [0.5, 0.6) is 0 Å². The molecule has 4 rings (SSSR count). The number of amides is 2. The second-order valence-corrected chi connectivity index (χ2v) is 9.09. The second kappa shape index (κ2) is 9.49. The maximum atomic E-state index is 13.0. The highest BCUT2D eigenvalue weighted by atomic mass is 16.2. The molecule has 1 aliphatic rings. The molecule has 0 bridgehead atoms. The van der Waals surface area contributed by atoms with E-state index in [0.29, 0.717) is 13.1 Å². The van der Waals surface area contributed by atoms with Gasteiger partial charge >= 0.3 is 0 Å². The highest BCUT2D eigenvalue weighted by Gasteiger charge is 2.30. The molecule has 1 N–H and O–H groups in total. The molecule has 0 aromatic heterocycles. The standard InChI is InChI=1S/C28H31N3O2/c1-21-20-24(29-27(33)28(2,3)23-12-8-5-9-13-23)14-15-25(21)30-16-18-31(19-17-30)26(32)22-10-6-4-7-11-22/h4-15,20H,16-19H2,1-3H3,(H,29,33). The number of carbonyl (C=O) groups excluding carboxylic acids is 2. The predicted octanol–water partition coefficient (Wildman–Crippen LogP) is 4.87. The molecule has 1 heterocycles. The van der Waals surface area contributed by atoms with E-state index >= 15 is 0 Å². The first-order chi connectivity index (χ1) is 15.9. The SMILES string of the molecule is Cc1cc(NC(=O)C(C)(C)c2ccccc2)ccc1N1CCN(C(=O)c2ccccc2)CC1. The number of nitrogens with zero attached hydrogens (tertiary/aromatic N) is 2. The van der Waals surface area contributed by atoms with E-state index < -0.39 is 5.41 Å². The van der Waals surface area contributed by atoms with Crippen molar-refractivity contribution in [3.8, 4) is 0 Å². The predicted molar refractivity (Wildman–Crippen MR) is 134 cm³/mol. The molecule has 3 aromatic rings. The number of carbonyl (C=O) groups is 2. The minimum absolute atomic E-state index is 0.0334. The van der Waals surface area contributed by atoms with Gasteiger partial charge < -0.3 is 15.1 Å². The van der Waals surface area contributed by atoms with E-state index in [9.17, 15) is 9.59 Å². The van der Waals surface area contributed by atoms with E-state index in [0.717, 1.165) is 41.2 Å². The van der Waals surface area contributed by atoms with Crippen LogP contribution in [0.25, 0.3) is 0 Å². The van der Waals surface area contributed by atoms with Crippen LogP contribution in [0.1, 0.15) is 35.3 Å². The summed E-state index contributed by atoms with van der Waals surface area (Å²) in [7, 11) is 0. The van der Waals surface area contributed by atoms with Gasteiger partial charge in [-0.25, -0.2) is 0 Å². The highest BCUT2D eigenvalue weighted by Crippen LogP contribution is 2.28. The number of hydrogen-bond donors (Lipinski definition) is 1. The third kappa shape index (κ3) is 4.92. The molecule has 3 aromatic carbocycles. The summed E-state index contributed by atoms with van der Waals surface area (Å²) >= 11 is 0. The van der Waals surface area contributed by atoms with E-state index in [1.54, 1.807) is 0 Å². The fourth-order valence-corrected chi connectivity index (χ4v) is 4.28. The first-order valence-electron chi connectivity index (χ1n) is 11.4. The minimum Gasteiger partial charge on any atom is -0.368 e. The van der Waals surface area contributed by atoms with E-state index in [1.807, 2.05) is 91.5 Å². The van der Waals surface area contributed by atoms with E-state index in [-0.39, 0.29) is 11.8 Å². The van der Waals surface area contributed by atoms with Gasteiger partial charge in [-0.05, 0) is 62.2 Å². The number of anilines is 2. The molecular weight excluding hydrogens is 410 g/mol. The summed E-state index contributed by atoms with van der Waals surface area (Å²) in [4.78, 5) is 29.9. The maximum absolute atomic E-state index is 13.0. The zero-order chi connectivity index (χ0) is 23.4. The Labute approximate surface area is 196 Å². The fraction of sp³-hybridized carbons (Fsp3) is 0.286. The molecule has 1 saturated heterocycles. The number of nitrogens with one attached hydrogen (secondary N) is 1. The molecule has 0 atom stereocenters. The zero-order valence-corrected chi connectivity index (χ0v) is 19.5. The Morgan fingerprint density at radius 3 is 2.03 bits per heavy atom. The number of aryl methyl sites for hydroxylation is 1. The van der Waals surface area contributed by atoms with Gasteiger partial charge in [0.15, 0.2) is 0 Å². The van der Waals surface area contributed by atoms with Crippen molar-refractivity contribution in [2.45, 2.75) is 26.2 Å². The van der Waals surface area contributed by atoms with Crippen molar-refractivity contribution in [3.63, 3.8) is 0 Å². The lowest BCUT2D eigenvalue weighted by Crippen LogP contribution is -2.49. The van der Waals surface area contributed by atoms with Gasteiger partial charge in [0.1, 0.15) is 0 Å². The molecule has 33 heavy (non-hydrogen) atoms. The van der Waals surface area contributed by atoms with Gasteiger partial charge in [0, 0.05) is 43.1 Å². The number of benzene rings is 3. The minimum atomic E-state index is -0.630. The Morgan fingerprint density at radius 2 is 1.42 bits per heavy atom. The molecule has 1 fully saturated rings. The normalized spacial score (nSPS) is 14.2. The van der Waals surface area contributed by atoms with Crippen LogP contribution in [0.2, 0.25) is 0 Å². The molecule has 0 aliphatic carbocycles. The van der Waals surface area contributed by atoms with Crippen LogP contribution in [-0.4, -0.2) is 42.9 Å². The number of hydrogen-bond acceptors (Lipinski definition) is 3. The van der Waals surface area contributed by atoms with E-state index in [1.165, 1.54) is 0 Å². The van der Waals surface area contributed by atoms with Gasteiger partial charge in [-0.2, -0.15) is 0 Å². The van der Waals surface area contributed by atoms with Crippen LogP contribution in [0.4, 0.5) is 11.4 Å². The molecule has 0 radical (unpaired) electrons. The van der Waals surface area contributed by atoms with Crippen molar-refractivity contribution in [1.29, 1.82) is 0 Å². The molecule has 170 valence electrons. The molecule has 2 amide bonds. The van der Waals surface area contributed by atoms with Gasteiger partial charge in [-0.1, -0.05) is 48.5 Å². The Kier molecular flexibility index (Phi) is 6.50. The van der Waals surface area contributed by atoms with Crippen molar-refractivity contribution >= 4 is 23.2 Å². The summed E-state index contributed by atoms with van der Waals surface area (Å²) < 4.78 is 0. The smallest absolute Gasteiger partial charge is 0.253 e. The molecule has 0 spiro atoms. The highest BCUT2D eigenvalue weighted by molar-refractivity contribution is 5.98. The topological polar surface area (TPSA) is 52.7 Å². The lowest BCUT2D eigenvalue weighted by atomic mass is 9.83. The first kappa shape index (κ1) is 22.6. The van der Waals surface area contributed by atoms with Crippen molar-refractivity contribution in [2.24, 2.45) is 0 Å². The lowest BCUT2D eigenvalue weighted by Gasteiger charge is -2.37. The Hall–Kier alpha value is -3.60. The summed E-state index contributed by atoms with van der Waals surface area (Å²) in [5.41, 5.74) is 4.13. The van der Waals surface area contributed by atoms with Gasteiger partial charge in [0.25, 0.3) is 5.91 Å². The lowest BCUT2D eigenvalue weighted by molar-refractivity contribution is -0.120. The van der Waals surface area contributed by atoms with Crippen LogP contribution >= 0.6 is 0 Å². The zero-order valence-electron chi connectivity index (χ0n) is 19.5. The summed E-state index contributed by atoms with van der Waals surface area (Å²) in [6, 6.07) is 25.3. The number of rotatable bonds is 5. The van der Waals surface area contributed by atoms with Crippen molar-refractivity contribution in [1.82, 2.24) is 4.90 Å². The van der Waals surface area contributed by atoms with Crippen LogP contribution < -0.4 is 10.2 Å². The van der Waals surface area contributed by atoms with Crippen molar-refractivity contribution in [2.75, 3.05) is 36.4 Å². The second-order valence-electron chi connectivity index (χ2n) is 9.09. The average Bonchev–Trinajstić information content (AvgIpc) is 2.85. The van der Waals surface area contributed by atoms with Gasteiger partial charge in [0.2, 0.25) is 5.91 Å². The third-order valence-corrected chi connectivity index (χ3v) is 6.45. The molecule has 0 saturated carbocycles. The largest absolute Gasteiger partial charge is 0.368 e. The van der Waals surface area contributed by atoms with E-state index in [4.69, 9.17) is 0 Å². The Balaban J connectivity index is 1.39. The first-order valence-corrected chi connectivity index (χ1v) is 11.4. The number of piperazine rings is 1. The van der Waals surface area contributed by atoms with Crippen molar-refractivity contribution < 1.29 is 9.59 Å². The molecule has 0 unspecified atom stereocenters. The average molecular weight is 442 g/mol. The Morgan fingerprint density at radius 1 is 0.818 bits per heavy atom. The molecule has 5 heteroatoms. The Bertz CT molecular complexity index is 1120. The summed E-state index contributed by atoms with van der Waals surface area (Å²) in [6.45, 7) is 8.89. The molecule has 5 nitrogen and oxygen atoms in total. The fourth-order valence-electron chi connectivity index (χ4n) is 4.28. The van der Waals surface area contributed by atoms with Crippen LogP contribution in [-0.2, 0) is 10.2 Å². The van der Waals surface area contributed by atoms with E-state index in [2.05, 4.69) is 23.2 Å². The monoisotopic (exact) mass is 441 g/mol.